The molecule has 6 heteroatoms. The number of benzene rings is 3. The summed E-state index contributed by atoms with van der Waals surface area (Å²) in [6.45, 7) is 0.924. The largest absolute Gasteiger partial charge is 0.385 e. The molecule has 0 saturated carbocycles. The summed E-state index contributed by atoms with van der Waals surface area (Å²) in [7, 11) is 0. The van der Waals surface area contributed by atoms with Crippen molar-refractivity contribution in [2.75, 3.05) is 18.4 Å². The summed E-state index contributed by atoms with van der Waals surface area (Å²) in [5.74, 6) is 0. The minimum atomic E-state index is -0.930. The molecule has 1 saturated heterocycles. The molecular formula is C22H20Cl2N2O2. The van der Waals surface area contributed by atoms with Crippen LogP contribution in [0.5, 0.6) is 0 Å². The van der Waals surface area contributed by atoms with E-state index in [9.17, 15) is 9.90 Å². The predicted molar refractivity (Wildman–Crippen MR) is 114 cm³/mol. The van der Waals surface area contributed by atoms with Crippen LogP contribution in [0.4, 0.5) is 10.5 Å². The number of halogens is 2. The average molecular weight is 415 g/mol. The molecule has 1 fully saturated rings. The van der Waals surface area contributed by atoms with Gasteiger partial charge in [0.05, 0.1) is 5.60 Å². The monoisotopic (exact) mass is 414 g/mol. The molecule has 2 N–H and O–H groups in total. The van der Waals surface area contributed by atoms with Gasteiger partial charge in [-0.2, -0.15) is 0 Å². The van der Waals surface area contributed by atoms with Gasteiger partial charge < -0.3 is 15.3 Å². The second-order valence-corrected chi connectivity index (χ2v) is 8.04. The van der Waals surface area contributed by atoms with Crippen LogP contribution in [0.3, 0.4) is 0 Å². The summed E-state index contributed by atoms with van der Waals surface area (Å²) in [4.78, 5) is 14.3. The van der Waals surface area contributed by atoms with Crippen LogP contribution in [0.15, 0.2) is 60.7 Å². The Morgan fingerprint density at radius 3 is 2.25 bits per heavy atom. The molecule has 0 atom stereocenters. The molecule has 0 aromatic heterocycles. The number of rotatable bonds is 2. The molecule has 0 radical (unpaired) electrons. The molecule has 4 nitrogen and oxygen atoms in total. The van der Waals surface area contributed by atoms with E-state index in [1.54, 1.807) is 23.1 Å². The number of amides is 2. The van der Waals surface area contributed by atoms with E-state index in [0.717, 1.165) is 16.3 Å². The van der Waals surface area contributed by atoms with Crippen molar-refractivity contribution in [1.82, 2.24) is 4.90 Å². The van der Waals surface area contributed by atoms with Gasteiger partial charge in [0.1, 0.15) is 0 Å². The van der Waals surface area contributed by atoms with E-state index < -0.39 is 5.60 Å². The highest BCUT2D eigenvalue weighted by Gasteiger charge is 2.35. The third-order valence-corrected chi connectivity index (χ3v) is 5.71. The van der Waals surface area contributed by atoms with Gasteiger partial charge in [-0.05, 0) is 53.4 Å². The number of carbonyl (C=O) groups excluding carboxylic acids is 1. The molecular weight excluding hydrogens is 395 g/mol. The Morgan fingerprint density at radius 1 is 0.929 bits per heavy atom. The number of hydrogen-bond donors (Lipinski definition) is 2. The fourth-order valence-corrected chi connectivity index (χ4v) is 4.20. The second-order valence-electron chi connectivity index (χ2n) is 7.17. The zero-order valence-corrected chi connectivity index (χ0v) is 16.7. The van der Waals surface area contributed by atoms with Gasteiger partial charge in [0.2, 0.25) is 0 Å². The number of carbonyl (C=O) groups is 1. The molecule has 144 valence electrons. The molecule has 1 aliphatic rings. The summed E-state index contributed by atoms with van der Waals surface area (Å²) in [5.41, 5.74) is 0.519. The predicted octanol–water partition coefficient (Wildman–Crippen LogP) is 5.66. The standard InChI is InChI=1S/C22H20Cl2N2O2/c23-18-12-19(24)14-20(13-18)25-21(27)26-9-7-22(28,8-10-26)17-6-5-15-3-1-2-4-16(15)11-17/h1-6,11-14,28H,7-10H2,(H,25,27). The number of likely N-dealkylation sites (tertiary alicyclic amines) is 1. The smallest absolute Gasteiger partial charge is 0.321 e. The van der Waals surface area contributed by atoms with E-state index in [0.29, 0.717) is 41.7 Å². The third-order valence-electron chi connectivity index (χ3n) is 5.28. The van der Waals surface area contributed by atoms with Gasteiger partial charge in [-0.15, -0.1) is 0 Å². The maximum Gasteiger partial charge on any atom is 0.321 e. The molecule has 0 bridgehead atoms. The highest BCUT2D eigenvalue weighted by atomic mass is 35.5. The van der Waals surface area contributed by atoms with Crippen molar-refractivity contribution in [3.63, 3.8) is 0 Å². The lowest BCUT2D eigenvalue weighted by Gasteiger charge is -2.38. The van der Waals surface area contributed by atoms with Gasteiger partial charge >= 0.3 is 6.03 Å². The first-order chi connectivity index (χ1) is 13.4. The van der Waals surface area contributed by atoms with Gasteiger partial charge in [-0.25, -0.2) is 4.79 Å². The Labute approximate surface area is 173 Å². The molecule has 1 heterocycles. The van der Waals surface area contributed by atoms with Crippen LogP contribution < -0.4 is 5.32 Å². The van der Waals surface area contributed by atoms with Crippen LogP contribution in [0.2, 0.25) is 10.0 Å². The molecule has 1 aliphatic heterocycles. The summed E-state index contributed by atoms with van der Waals surface area (Å²) < 4.78 is 0. The Bertz CT molecular complexity index is 1010. The molecule has 4 rings (SSSR count). The van der Waals surface area contributed by atoms with E-state index in [1.807, 2.05) is 36.4 Å². The number of anilines is 1. The van der Waals surface area contributed by atoms with E-state index in [1.165, 1.54) is 0 Å². The van der Waals surface area contributed by atoms with E-state index in [2.05, 4.69) is 11.4 Å². The Kier molecular flexibility index (Phi) is 5.19. The van der Waals surface area contributed by atoms with Crippen LogP contribution >= 0.6 is 23.2 Å². The van der Waals surface area contributed by atoms with Crippen molar-refractivity contribution >= 4 is 45.7 Å². The first-order valence-electron chi connectivity index (χ1n) is 9.17. The molecule has 28 heavy (non-hydrogen) atoms. The quantitative estimate of drug-likeness (QED) is 0.567. The highest BCUT2D eigenvalue weighted by molar-refractivity contribution is 6.35. The topological polar surface area (TPSA) is 52.6 Å². The first-order valence-corrected chi connectivity index (χ1v) is 9.92. The SMILES string of the molecule is O=C(Nc1cc(Cl)cc(Cl)c1)N1CCC(O)(c2ccc3ccccc3c2)CC1. The number of piperidine rings is 1. The molecule has 0 spiro atoms. The minimum Gasteiger partial charge on any atom is -0.385 e. The molecule has 0 unspecified atom stereocenters. The number of aliphatic hydroxyl groups is 1. The van der Waals surface area contributed by atoms with Gasteiger partial charge in [0, 0.05) is 28.8 Å². The molecule has 3 aromatic carbocycles. The van der Waals surface area contributed by atoms with Gasteiger partial charge in [-0.3, -0.25) is 0 Å². The minimum absolute atomic E-state index is 0.223. The number of hydrogen-bond acceptors (Lipinski definition) is 2. The fourth-order valence-electron chi connectivity index (χ4n) is 3.68. The van der Waals surface area contributed by atoms with Crippen molar-refractivity contribution < 1.29 is 9.90 Å². The van der Waals surface area contributed by atoms with Crippen molar-refractivity contribution in [2.45, 2.75) is 18.4 Å². The lowest BCUT2D eigenvalue weighted by atomic mass is 9.83. The van der Waals surface area contributed by atoms with Gasteiger partial charge in [0.15, 0.2) is 0 Å². The lowest BCUT2D eigenvalue weighted by molar-refractivity contribution is -0.0155. The zero-order valence-electron chi connectivity index (χ0n) is 15.2. The van der Waals surface area contributed by atoms with E-state index >= 15 is 0 Å². The maximum atomic E-state index is 12.6. The Balaban J connectivity index is 1.44. The summed E-state index contributed by atoms with van der Waals surface area (Å²) >= 11 is 12.0. The van der Waals surface area contributed by atoms with Crippen molar-refractivity contribution in [3.8, 4) is 0 Å². The number of urea groups is 1. The fraction of sp³-hybridized carbons (Fsp3) is 0.227. The van der Waals surface area contributed by atoms with E-state index in [-0.39, 0.29) is 6.03 Å². The van der Waals surface area contributed by atoms with Crippen molar-refractivity contribution in [3.05, 3.63) is 76.3 Å². The van der Waals surface area contributed by atoms with Crippen LogP contribution in [-0.4, -0.2) is 29.1 Å². The van der Waals surface area contributed by atoms with Crippen LogP contribution in [0.25, 0.3) is 10.8 Å². The maximum absolute atomic E-state index is 12.6. The van der Waals surface area contributed by atoms with Crippen molar-refractivity contribution in [2.24, 2.45) is 0 Å². The van der Waals surface area contributed by atoms with Crippen LogP contribution in [-0.2, 0) is 5.60 Å². The van der Waals surface area contributed by atoms with Gasteiger partial charge in [-0.1, -0.05) is 59.6 Å². The summed E-state index contributed by atoms with van der Waals surface area (Å²) in [5, 5.41) is 17.2. The van der Waals surface area contributed by atoms with Crippen LogP contribution in [0.1, 0.15) is 18.4 Å². The van der Waals surface area contributed by atoms with E-state index in [4.69, 9.17) is 23.2 Å². The van der Waals surface area contributed by atoms with Crippen LogP contribution in [0, 0.1) is 0 Å². The molecule has 3 aromatic rings. The third kappa shape index (κ3) is 3.95. The van der Waals surface area contributed by atoms with Gasteiger partial charge in [0.25, 0.3) is 0 Å². The number of fused-ring (bicyclic) bond motifs is 1. The second kappa shape index (κ2) is 7.63. The zero-order chi connectivity index (χ0) is 19.7. The number of nitrogens with one attached hydrogen (secondary N) is 1. The average Bonchev–Trinajstić information content (AvgIpc) is 2.67. The summed E-state index contributed by atoms with van der Waals surface area (Å²) in [6.07, 6.45) is 0.962. The lowest BCUT2D eigenvalue weighted by Crippen LogP contribution is -2.46. The van der Waals surface area contributed by atoms with Crippen molar-refractivity contribution in [1.29, 1.82) is 0 Å². The highest BCUT2D eigenvalue weighted by Crippen LogP contribution is 2.34. The summed E-state index contributed by atoms with van der Waals surface area (Å²) in [6, 6.07) is 18.8. The number of nitrogens with zero attached hydrogens (tertiary/aromatic N) is 1. The Hall–Kier alpha value is -2.27. The first kappa shape index (κ1) is 19.1. The Morgan fingerprint density at radius 2 is 1.57 bits per heavy atom. The normalized spacial score (nSPS) is 16.2. The molecule has 0 aliphatic carbocycles. The molecule has 2 amide bonds.